The molecule has 1 aromatic heterocycles. The van der Waals surface area contributed by atoms with Crippen LogP contribution in [0.4, 0.5) is 0 Å². The van der Waals surface area contributed by atoms with Gasteiger partial charge in [0.1, 0.15) is 17.9 Å². The number of carbonyl (C=O) groups excluding carboxylic acids is 2. The molecule has 0 fully saturated rings. The van der Waals surface area contributed by atoms with Crippen LogP contribution in [0.15, 0.2) is 24.5 Å². The molecule has 5 N–H and O–H groups in total. The van der Waals surface area contributed by atoms with Gasteiger partial charge in [0.25, 0.3) is 5.91 Å². The number of aromatic nitrogens is 1. The minimum atomic E-state index is -3.40. The maximum atomic E-state index is 11.5. The van der Waals surface area contributed by atoms with Crippen molar-refractivity contribution in [1.82, 2.24) is 5.43 Å². The Balaban J connectivity index is 0.00000484. The van der Waals surface area contributed by atoms with Gasteiger partial charge in [-0.05, 0) is 18.9 Å². The number of nitrogens with zero attached hydrogens (tertiary/aromatic N) is 1. The van der Waals surface area contributed by atoms with Crippen LogP contribution in [0.5, 0.6) is 0 Å². The molecule has 0 aromatic carbocycles. The monoisotopic (exact) mass is 408 g/mol. The van der Waals surface area contributed by atoms with Gasteiger partial charge in [-0.25, -0.2) is 18.8 Å². The molecule has 0 aliphatic carbocycles. The number of halogens is 1. The first-order valence-electron chi connectivity index (χ1n) is 6.83. The van der Waals surface area contributed by atoms with Crippen LogP contribution in [0, 0.1) is 0 Å². The molecule has 8 nitrogen and oxygen atoms in total. The lowest BCUT2D eigenvalue weighted by Crippen LogP contribution is -3.00. The van der Waals surface area contributed by atoms with Crippen molar-refractivity contribution in [2.24, 2.45) is 11.6 Å². The van der Waals surface area contributed by atoms with Crippen molar-refractivity contribution in [2.75, 3.05) is 11.5 Å². The van der Waals surface area contributed by atoms with Crippen LogP contribution in [0.25, 0.3) is 0 Å². The lowest BCUT2D eigenvalue weighted by atomic mass is 10.2. The molecule has 1 aromatic rings. The molecule has 0 radical (unpaired) electrons. The molecule has 0 unspecified atom stereocenters. The predicted octanol–water partition coefficient (Wildman–Crippen LogP) is -4.35. The molecule has 23 heavy (non-hydrogen) atoms. The van der Waals surface area contributed by atoms with E-state index in [1.54, 1.807) is 18.3 Å². The van der Waals surface area contributed by atoms with Gasteiger partial charge in [-0.3, -0.25) is 15.0 Å². The van der Waals surface area contributed by atoms with Gasteiger partial charge in [0.05, 0.1) is 5.75 Å². The number of nitrogen functional groups attached to an aromatic ring is 1. The maximum absolute atomic E-state index is 11.5. The van der Waals surface area contributed by atoms with E-state index >= 15 is 0 Å². The zero-order valence-corrected chi connectivity index (χ0v) is 15.0. The number of rotatable bonds is 9. The highest BCUT2D eigenvalue weighted by atomic mass is 79.9. The number of hydrogen-bond acceptors (Lipinski definition) is 5. The summed E-state index contributed by atoms with van der Waals surface area (Å²) in [5.74, 6) is 3.23. The molecule has 0 aliphatic rings. The van der Waals surface area contributed by atoms with E-state index in [0.29, 0.717) is 24.9 Å². The van der Waals surface area contributed by atoms with Gasteiger partial charge in [-0.1, -0.05) is 0 Å². The van der Waals surface area contributed by atoms with E-state index < -0.39 is 21.5 Å². The molecular formula is C13H21BrN4O4S. The minimum Gasteiger partial charge on any atom is -1.00 e. The summed E-state index contributed by atoms with van der Waals surface area (Å²) < 4.78 is 24.8. The van der Waals surface area contributed by atoms with Crippen molar-refractivity contribution in [1.29, 1.82) is 0 Å². The van der Waals surface area contributed by atoms with Crippen LogP contribution in [0.2, 0.25) is 0 Å². The van der Waals surface area contributed by atoms with Crippen LogP contribution in [-0.4, -0.2) is 31.7 Å². The Kier molecular flexibility index (Phi) is 9.61. The second-order valence-electron chi connectivity index (χ2n) is 4.92. The number of primary amides is 1. The Labute approximate surface area is 145 Å². The number of hydrazine groups is 1. The molecule has 1 rings (SSSR count). The summed E-state index contributed by atoms with van der Waals surface area (Å²) in [6.07, 6.45) is 5.41. The highest BCUT2D eigenvalue weighted by Gasteiger charge is 2.14. The van der Waals surface area contributed by atoms with E-state index in [1.165, 1.54) is 0 Å². The Bertz CT molecular complexity index is 637. The Morgan fingerprint density at radius 2 is 1.91 bits per heavy atom. The topological polar surface area (TPSA) is 136 Å². The van der Waals surface area contributed by atoms with E-state index in [1.807, 2.05) is 10.8 Å². The summed E-state index contributed by atoms with van der Waals surface area (Å²) in [6.45, 7) is 0.654. The average molecular weight is 409 g/mol. The molecule has 0 aliphatic heterocycles. The zero-order valence-electron chi connectivity index (χ0n) is 12.6. The molecule has 0 saturated carbocycles. The number of hydrogen-bond donors (Lipinski definition) is 3. The van der Waals surface area contributed by atoms with Gasteiger partial charge < -0.3 is 22.7 Å². The maximum Gasteiger partial charge on any atom is 0.271 e. The largest absolute Gasteiger partial charge is 1.00 e. The van der Waals surface area contributed by atoms with Gasteiger partial charge in [-0.15, -0.1) is 0 Å². The SMILES string of the molecule is NNC(=O)c1ccc[n+](CCCCCS(=O)(=O)CC(N)=O)c1.[Br-]. The fraction of sp³-hybridized carbons (Fsp3) is 0.462. The normalized spacial score (nSPS) is 10.7. The third-order valence-corrected chi connectivity index (χ3v) is 4.62. The molecular weight excluding hydrogens is 388 g/mol. The molecule has 130 valence electrons. The number of nitrogens with one attached hydrogen (secondary N) is 1. The van der Waals surface area contributed by atoms with Crippen LogP contribution < -0.4 is 38.6 Å². The number of amides is 2. The molecule has 0 atom stereocenters. The highest BCUT2D eigenvalue weighted by molar-refractivity contribution is 7.92. The first-order valence-corrected chi connectivity index (χ1v) is 8.65. The number of unbranched alkanes of at least 4 members (excludes halogenated alkanes) is 2. The van der Waals surface area contributed by atoms with Gasteiger partial charge in [-0.2, -0.15) is 0 Å². The number of pyridine rings is 1. The summed E-state index contributed by atoms with van der Waals surface area (Å²) in [4.78, 5) is 22.0. The number of carbonyl (C=O) groups is 2. The van der Waals surface area contributed by atoms with Gasteiger partial charge >= 0.3 is 0 Å². The third kappa shape index (κ3) is 8.62. The molecule has 0 spiro atoms. The standard InChI is InChI=1S/C13H20N4O4S.BrH/c14-12(18)10-22(20,21)8-3-1-2-6-17-7-4-5-11(9-17)13(19)16-15;/h4-5,7,9H,1-3,6,8,10,15H2,(H2-,14,16,18,19);1H. The van der Waals surface area contributed by atoms with Crippen molar-refractivity contribution in [3.8, 4) is 0 Å². The molecule has 10 heteroatoms. The van der Waals surface area contributed by atoms with E-state index in [2.05, 4.69) is 5.43 Å². The summed E-state index contributed by atoms with van der Waals surface area (Å²) in [6, 6.07) is 3.39. The van der Waals surface area contributed by atoms with Crippen LogP contribution in [-0.2, 0) is 21.2 Å². The van der Waals surface area contributed by atoms with Crippen molar-refractivity contribution in [3.63, 3.8) is 0 Å². The van der Waals surface area contributed by atoms with Crippen LogP contribution in [0.3, 0.4) is 0 Å². The molecule has 1 heterocycles. The number of aryl methyl sites for hydroxylation is 1. The van der Waals surface area contributed by atoms with E-state index in [-0.39, 0.29) is 28.6 Å². The highest BCUT2D eigenvalue weighted by Crippen LogP contribution is 2.01. The first-order chi connectivity index (χ1) is 10.3. The summed E-state index contributed by atoms with van der Waals surface area (Å²) in [5, 5.41) is 0. The Morgan fingerprint density at radius 1 is 1.22 bits per heavy atom. The Hall–Kier alpha value is -1.52. The number of sulfone groups is 1. The van der Waals surface area contributed by atoms with Crippen molar-refractivity contribution in [2.45, 2.75) is 25.8 Å². The summed E-state index contributed by atoms with van der Waals surface area (Å²) >= 11 is 0. The zero-order chi connectivity index (χ0) is 16.6. The van der Waals surface area contributed by atoms with Gasteiger partial charge in [0.2, 0.25) is 5.91 Å². The Morgan fingerprint density at radius 3 is 2.52 bits per heavy atom. The van der Waals surface area contributed by atoms with E-state index in [9.17, 15) is 18.0 Å². The summed E-state index contributed by atoms with van der Waals surface area (Å²) in [7, 11) is -3.40. The smallest absolute Gasteiger partial charge is 0.271 e. The fourth-order valence-corrected chi connectivity index (χ4v) is 3.18. The fourth-order valence-electron chi connectivity index (χ4n) is 1.96. The minimum absolute atomic E-state index is 0. The quantitative estimate of drug-likeness (QED) is 0.125. The first kappa shape index (κ1) is 21.5. The van der Waals surface area contributed by atoms with E-state index in [0.717, 1.165) is 6.42 Å². The van der Waals surface area contributed by atoms with Gasteiger partial charge in [0, 0.05) is 12.5 Å². The van der Waals surface area contributed by atoms with Crippen molar-refractivity contribution >= 4 is 21.7 Å². The van der Waals surface area contributed by atoms with Crippen LogP contribution >= 0.6 is 0 Å². The second kappa shape index (κ2) is 10.3. The van der Waals surface area contributed by atoms with Crippen molar-refractivity contribution < 1.29 is 39.6 Å². The second-order valence-corrected chi connectivity index (χ2v) is 7.11. The van der Waals surface area contributed by atoms with E-state index in [4.69, 9.17) is 11.6 Å². The predicted molar refractivity (Wildman–Crippen MR) is 80.0 cm³/mol. The number of nitrogens with two attached hydrogens (primary N) is 2. The molecule has 2 amide bonds. The average Bonchev–Trinajstić information content (AvgIpc) is 2.45. The molecule has 0 saturated heterocycles. The molecule has 0 bridgehead atoms. The lowest BCUT2D eigenvalue weighted by Gasteiger charge is -2.02. The van der Waals surface area contributed by atoms with Crippen molar-refractivity contribution in [3.05, 3.63) is 30.1 Å². The summed E-state index contributed by atoms with van der Waals surface area (Å²) in [5.41, 5.74) is 7.39. The third-order valence-electron chi connectivity index (χ3n) is 2.99. The van der Waals surface area contributed by atoms with Crippen LogP contribution in [0.1, 0.15) is 29.6 Å². The van der Waals surface area contributed by atoms with Gasteiger partial charge in [0.15, 0.2) is 22.2 Å². The lowest BCUT2D eigenvalue weighted by molar-refractivity contribution is -0.697.